The van der Waals surface area contributed by atoms with Crippen LogP contribution in [0.15, 0.2) is 29.4 Å². The molecule has 1 amide bonds. The Kier molecular flexibility index (Phi) is 3.79. The SMILES string of the molecule is COC(=O)c1ccccc1C(=O)NC1CC(C)=NO1. The van der Waals surface area contributed by atoms with Gasteiger partial charge in [0.2, 0.25) is 6.23 Å². The van der Waals surface area contributed by atoms with Gasteiger partial charge in [-0.3, -0.25) is 4.79 Å². The van der Waals surface area contributed by atoms with Gasteiger partial charge in [0, 0.05) is 6.42 Å². The molecule has 0 saturated carbocycles. The molecule has 100 valence electrons. The van der Waals surface area contributed by atoms with Crippen LogP contribution >= 0.6 is 0 Å². The first kappa shape index (κ1) is 13.1. The minimum Gasteiger partial charge on any atom is -0.465 e. The van der Waals surface area contributed by atoms with E-state index in [1.165, 1.54) is 13.2 Å². The number of carbonyl (C=O) groups is 2. The van der Waals surface area contributed by atoms with Crippen LogP contribution in [0.3, 0.4) is 0 Å². The zero-order valence-electron chi connectivity index (χ0n) is 10.7. The Hall–Kier alpha value is -2.37. The summed E-state index contributed by atoms with van der Waals surface area (Å²) in [5, 5.41) is 6.41. The van der Waals surface area contributed by atoms with Gasteiger partial charge in [-0.15, -0.1) is 0 Å². The van der Waals surface area contributed by atoms with Crippen molar-refractivity contribution < 1.29 is 19.2 Å². The molecule has 0 radical (unpaired) electrons. The zero-order valence-corrected chi connectivity index (χ0v) is 10.7. The maximum Gasteiger partial charge on any atom is 0.338 e. The molecule has 1 N–H and O–H groups in total. The van der Waals surface area contributed by atoms with E-state index in [0.717, 1.165) is 5.71 Å². The molecular formula is C13H14N2O4. The van der Waals surface area contributed by atoms with Crippen molar-refractivity contribution >= 4 is 17.6 Å². The summed E-state index contributed by atoms with van der Waals surface area (Å²) in [7, 11) is 1.27. The Morgan fingerprint density at radius 1 is 1.37 bits per heavy atom. The van der Waals surface area contributed by atoms with E-state index in [1.54, 1.807) is 18.2 Å². The Balaban J connectivity index is 2.13. The van der Waals surface area contributed by atoms with Crippen molar-refractivity contribution in [1.82, 2.24) is 5.32 Å². The summed E-state index contributed by atoms with van der Waals surface area (Å²) in [6.07, 6.45) is 0.0461. The van der Waals surface area contributed by atoms with Crippen molar-refractivity contribution in [2.24, 2.45) is 5.16 Å². The third kappa shape index (κ3) is 2.90. The van der Waals surface area contributed by atoms with Crippen LogP contribution in [0.2, 0.25) is 0 Å². The number of nitrogens with one attached hydrogen (secondary N) is 1. The summed E-state index contributed by atoms with van der Waals surface area (Å²) in [5.74, 6) is -0.943. The van der Waals surface area contributed by atoms with E-state index >= 15 is 0 Å². The fourth-order valence-electron chi connectivity index (χ4n) is 1.77. The molecule has 0 aromatic heterocycles. The maximum absolute atomic E-state index is 12.1. The van der Waals surface area contributed by atoms with E-state index < -0.39 is 18.1 Å². The first-order chi connectivity index (χ1) is 9.11. The molecule has 0 bridgehead atoms. The first-order valence-electron chi connectivity index (χ1n) is 5.79. The summed E-state index contributed by atoms with van der Waals surface area (Å²) < 4.78 is 4.64. The van der Waals surface area contributed by atoms with Gasteiger partial charge in [-0.05, 0) is 19.1 Å². The molecule has 0 fully saturated rings. The molecule has 1 unspecified atom stereocenters. The van der Waals surface area contributed by atoms with Gasteiger partial charge in [-0.1, -0.05) is 17.3 Å². The lowest BCUT2D eigenvalue weighted by atomic mass is 10.1. The molecule has 2 rings (SSSR count). The molecule has 6 heteroatoms. The normalized spacial score (nSPS) is 17.4. The fraction of sp³-hybridized carbons (Fsp3) is 0.308. The second-order valence-corrected chi connectivity index (χ2v) is 4.14. The van der Waals surface area contributed by atoms with E-state index in [4.69, 9.17) is 4.84 Å². The van der Waals surface area contributed by atoms with Crippen molar-refractivity contribution in [3.8, 4) is 0 Å². The molecule has 6 nitrogen and oxygen atoms in total. The van der Waals surface area contributed by atoms with Crippen LogP contribution in [0.4, 0.5) is 0 Å². The number of rotatable bonds is 3. The predicted molar refractivity (Wildman–Crippen MR) is 67.8 cm³/mol. The first-order valence-corrected chi connectivity index (χ1v) is 5.79. The van der Waals surface area contributed by atoms with Crippen LogP contribution < -0.4 is 5.32 Å². The molecule has 1 aliphatic heterocycles. The van der Waals surface area contributed by atoms with Gasteiger partial charge in [0.25, 0.3) is 5.91 Å². The Morgan fingerprint density at radius 3 is 2.63 bits per heavy atom. The summed E-state index contributed by atoms with van der Waals surface area (Å²) in [4.78, 5) is 28.7. The highest BCUT2D eigenvalue weighted by molar-refractivity contribution is 6.05. The summed E-state index contributed by atoms with van der Waals surface area (Å²) in [6, 6.07) is 6.45. The summed E-state index contributed by atoms with van der Waals surface area (Å²) in [5.41, 5.74) is 1.28. The van der Waals surface area contributed by atoms with Crippen molar-refractivity contribution in [3.63, 3.8) is 0 Å². The average Bonchev–Trinajstić information content (AvgIpc) is 2.83. The highest BCUT2D eigenvalue weighted by atomic mass is 16.7. The lowest BCUT2D eigenvalue weighted by Gasteiger charge is -2.12. The Labute approximate surface area is 110 Å². The molecule has 1 atom stereocenters. The Bertz CT molecular complexity index is 539. The van der Waals surface area contributed by atoms with Crippen LogP contribution in [-0.4, -0.2) is 30.9 Å². The van der Waals surface area contributed by atoms with Crippen LogP contribution in [0.25, 0.3) is 0 Å². The number of esters is 1. The van der Waals surface area contributed by atoms with Crippen molar-refractivity contribution in [2.45, 2.75) is 19.6 Å². The minimum atomic E-state index is -0.550. The number of hydrogen-bond donors (Lipinski definition) is 1. The largest absolute Gasteiger partial charge is 0.465 e. The average molecular weight is 262 g/mol. The standard InChI is InChI=1S/C13H14N2O4/c1-8-7-11(19-15-8)14-12(16)9-5-3-4-6-10(9)13(17)18-2/h3-6,11H,7H2,1-2H3,(H,14,16). The van der Waals surface area contributed by atoms with Gasteiger partial charge in [-0.25, -0.2) is 4.79 Å². The van der Waals surface area contributed by atoms with Crippen LogP contribution in [0.1, 0.15) is 34.1 Å². The molecule has 0 aliphatic carbocycles. The van der Waals surface area contributed by atoms with Crippen LogP contribution in [0.5, 0.6) is 0 Å². The third-order valence-corrected chi connectivity index (χ3v) is 2.69. The lowest BCUT2D eigenvalue weighted by molar-refractivity contribution is 0.0493. The number of ether oxygens (including phenoxy) is 1. The van der Waals surface area contributed by atoms with Gasteiger partial charge in [0.1, 0.15) is 0 Å². The van der Waals surface area contributed by atoms with E-state index in [-0.39, 0.29) is 11.1 Å². The molecule has 1 aliphatic rings. The van der Waals surface area contributed by atoms with Crippen LogP contribution in [0, 0.1) is 0 Å². The van der Waals surface area contributed by atoms with Crippen molar-refractivity contribution in [2.75, 3.05) is 7.11 Å². The number of hydrogen-bond acceptors (Lipinski definition) is 5. The van der Waals surface area contributed by atoms with Crippen molar-refractivity contribution in [3.05, 3.63) is 35.4 Å². The van der Waals surface area contributed by atoms with Crippen LogP contribution in [-0.2, 0) is 9.57 Å². The number of methoxy groups -OCH3 is 1. The van der Waals surface area contributed by atoms with Gasteiger partial charge in [-0.2, -0.15) is 0 Å². The van der Waals surface area contributed by atoms with E-state index in [1.807, 2.05) is 6.92 Å². The summed E-state index contributed by atoms with van der Waals surface area (Å²) in [6.45, 7) is 1.81. The molecular weight excluding hydrogens is 248 g/mol. The highest BCUT2D eigenvalue weighted by Crippen LogP contribution is 2.12. The number of benzene rings is 1. The molecule has 0 spiro atoms. The minimum absolute atomic E-state index is 0.220. The van der Waals surface area contributed by atoms with Gasteiger partial charge in [0.15, 0.2) is 0 Å². The molecule has 19 heavy (non-hydrogen) atoms. The second-order valence-electron chi connectivity index (χ2n) is 4.14. The Morgan fingerprint density at radius 2 is 2.05 bits per heavy atom. The second kappa shape index (κ2) is 5.51. The van der Waals surface area contributed by atoms with E-state index in [9.17, 15) is 9.59 Å². The monoisotopic (exact) mass is 262 g/mol. The number of oxime groups is 1. The van der Waals surface area contributed by atoms with Gasteiger partial charge < -0.3 is 14.9 Å². The van der Waals surface area contributed by atoms with Gasteiger partial charge in [0.05, 0.1) is 23.9 Å². The molecule has 1 heterocycles. The maximum atomic E-state index is 12.1. The molecule has 0 saturated heterocycles. The topological polar surface area (TPSA) is 77.0 Å². The number of nitrogens with zero attached hydrogens (tertiary/aromatic N) is 1. The summed E-state index contributed by atoms with van der Waals surface area (Å²) >= 11 is 0. The van der Waals surface area contributed by atoms with E-state index in [2.05, 4.69) is 15.2 Å². The zero-order chi connectivity index (χ0) is 13.8. The fourth-order valence-corrected chi connectivity index (χ4v) is 1.77. The lowest BCUT2D eigenvalue weighted by Crippen LogP contribution is -2.35. The third-order valence-electron chi connectivity index (χ3n) is 2.69. The molecule has 1 aromatic carbocycles. The number of carbonyl (C=O) groups excluding carboxylic acids is 2. The highest BCUT2D eigenvalue weighted by Gasteiger charge is 2.23. The smallest absolute Gasteiger partial charge is 0.338 e. The van der Waals surface area contributed by atoms with E-state index in [0.29, 0.717) is 6.42 Å². The van der Waals surface area contributed by atoms with Crippen molar-refractivity contribution in [1.29, 1.82) is 0 Å². The molecule has 1 aromatic rings. The quantitative estimate of drug-likeness (QED) is 0.833. The number of amides is 1. The van der Waals surface area contributed by atoms with Gasteiger partial charge >= 0.3 is 5.97 Å². The predicted octanol–water partition coefficient (Wildman–Crippen LogP) is 1.33.